The number of nitrogens with two attached hydrogens (primary N) is 1. The van der Waals surface area contributed by atoms with Gasteiger partial charge in [0, 0.05) is 26.3 Å². The van der Waals surface area contributed by atoms with Gasteiger partial charge in [-0.25, -0.2) is 4.98 Å². The lowest BCUT2D eigenvalue weighted by Gasteiger charge is -2.07. The van der Waals surface area contributed by atoms with E-state index < -0.39 is 0 Å². The number of aryl methyl sites for hydroxylation is 1. The highest BCUT2D eigenvalue weighted by Crippen LogP contribution is 2.34. The second kappa shape index (κ2) is 4.57. The predicted octanol–water partition coefficient (Wildman–Crippen LogP) is 3.21. The molecule has 0 radical (unpaired) electrons. The lowest BCUT2D eigenvalue weighted by Crippen LogP contribution is -1.97. The van der Waals surface area contributed by atoms with Crippen molar-refractivity contribution in [3.05, 3.63) is 39.2 Å². The van der Waals surface area contributed by atoms with Gasteiger partial charge in [0.15, 0.2) is 11.5 Å². The fraction of sp³-hybridized carbons (Fsp3) is 0.0833. The third kappa shape index (κ3) is 2.12. The zero-order valence-corrected chi connectivity index (χ0v) is 13.1. The Morgan fingerprint density at radius 2 is 1.95 bits per heavy atom. The maximum Gasteiger partial charge on any atom is 0.171 e. The molecule has 3 aromatic rings. The molecule has 2 N–H and O–H groups in total. The zero-order chi connectivity index (χ0) is 13.6. The smallest absolute Gasteiger partial charge is 0.171 e. The third-order valence-electron chi connectivity index (χ3n) is 2.77. The third-order valence-corrected chi connectivity index (χ3v) is 3.89. The number of nitrogen functional groups attached to an aromatic ring is 1. The molecule has 0 atom stereocenters. The van der Waals surface area contributed by atoms with Crippen LogP contribution < -0.4 is 5.73 Å². The Morgan fingerprint density at radius 3 is 2.74 bits per heavy atom. The molecular formula is C12H9Br2N5. The number of aromatic nitrogens is 4. The minimum atomic E-state index is 0.623. The van der Waals surface area contributed by atoms with Crippen molar-refractivity contribution in [3.63, 3.8) is 0 Å². The highest BCUT2D eigenvalue weighted by Gasteiger charge is 2.14. The molecule has 0 aliphatic carbocycles. The van der Waals surface area contributed by atoms with Crippen LogP contribution in [0.5, 0.6) is 0 Å². The lowest BCUT2D eigenvalue weighted by atomic mass is 10.1. The fourth-order valence-electron chi connectivity index (χ4n) is 1.84. The molecule has 0 saturated carbocycles. The number of anilines is 1. The van der Waals surface area contributed by atoms with Gasteiger partial charge < -0.3 is 5.73 Å². The van der Waals surface area contributed by atoms with Gasteiger partial charge in [0.25, 0.3) is 0 Å². The van der Waals surface area contributed by atoms with Crippen molar-refractivity contribution in [2.45, 2.75) is 6.92 Å². The molecule has 0 spiro atoms. The fourth-order valence-corrected chi connectivity index (χ4v) is 3.07. The quantitative estimate of drug-likeness (QED) is 0.656. The van der Waals surface area contributed by atoms with Gasteiger partial charge in [-0.2, -0.15) is 0 Å². The topological polar surface area (TPSA) is 69.1 Å². The molecule has 0 aliphatic heterocycles. The minimum Gasteiger partial charge on any atom is -0.397 e. The van der Waals surface area contributed by atoms with Crippen LogP contribution in [-0.4, -0.2) is 19.6 Å². The summed E-state index contributed by atoms with van der Waals surface area (Å²) in [5.41, 5.74) is 9.17. The Balaban J connectivity index is 2.31. The molecule has 0 bridgehead atoms. The molecule has 0 saturated heterocycles. The van der Waals surface area contributed by atoms with Crippen molar-refractivity contribution in [2.75, 3.05) is 5.73 Å². The number of hydrogen-bond donors (Lipinski definition) is 1. The van der Waals surface area contributed by atoms with E-state index in [1.54, 1.807) is 6.33 Å². The average molecular weight is 383 g/mol. The van der Waals surface area contributed by atoms with E-state index in [1.165, 1.54) is 0 Å². The molecule has 5 nitrogen and oxygen atoms in total. The highest BCUT2D eigenvalue weighted by atomic mass is 79.9. The minimum absolute atomic E-state index is 0.623. The van der Waals surface area contributed by atoms with Crippen LogP contribution in [0.3, 0.4) is 0 Å². The van der Waals surface area contributed by atoms with Crippen molar-refractivity contribution in [1.29, 1.82) is 0 Å². The monoisotopic (exact) mass is 381 g/mol. The van der Waals surface area contributed by atoms with E-state index in [-0.39, 0.29) is 0 Å². The van der Waals surface area contributed by atoms with Gasteiger partial charge in [0.05, 0.1) is 5.69 Å². The molecule has 19 heavy (non-hydrogen) atoms. The Kier molecular flexibility index (Phi) is 3.02. The van der Waals surface area contributed by atoms with E-state index >= 15 is 0 Å². The second-order valence-electron chi connectivity index (χ2n) is 4.13. The summed E-state index contributed by atoms with van der Waals surface area (Å²) < 4.78 is 3.55. The van der Waals surface area contributed by atoms with E-state index in [1.807, 2.05) is 29.5 Å². The van der Waals surface area contributed by atoms with Gasteiger partial charge in [-0.05, 0) is 35.0 Å². The van der Waals surface area contributed by atoms with E-state index in [0.29, 0.717) is 11.5 Å². The first kappa shape index (κ1) is 12.6. The van der Waals surface area contributed by atoms with Gasteiger partial charge >= 0.3 is 0 Å². The second-order valence-corrected chi connectivity index (χ2v) is 5.90. The molecule has 0 aliphatic rings. The summed E-state index contributed by atoms with van der Waals surface area (Å²) in [5, 5.41) is 8.34. The number of nitrogens with zero attached hydrogens (tertiary/aromatic N) is 4. The number of rotatable bonds is 1. The first-order valence-corrected chi connectivity index (χ1v) is 7.07. The van der Waals surface area contributed by atoms with Crippen molar-refractivity contribution < 1.29 is 0 Å². The standard InChI is InChI=1S/C12H9Br2N5/c1-6-2-10-17-18-12(19(10)5-16-6)8-3-7(13)4-9(14)11(8)15/h2-5H,15H2,1H3. The molecule has 0 amide bonds. The van der Waals surface area contributed by atoms with E-state index in [2.05, 4.69) is 47.0 Å². The number of fused-ring (bicyclic) bond motifs is 1. The predicted molar refractivity (Wildman–Crippen MR) is 80.8 cm³/mol. The van der Waals surface area contributed by atoms with Gasteiger partial charge in [-0.15, -0.1) is 10.2 Å². The molecular weight excluding hydrogens is 374 g/mol. The van der Waals surface area contributed by atoms with Crippen molar-refractivity contribution >= 4 is 43.2 Å². The zero-order valence-electron chi connectivity index (χ0n) is 9.93. The summed E-state index contributed by atoms with van der Waals surface area (Å²) in [6.07, 6.45) is 1.70. The van der Waals surface area contributed by atoms with Gasteiger partial charge in [-0.1, -0.05) is 15.9 Å². The Hall–Kier alpha value is -1.47. The average Bonchev–Trinajstić information content (AvgIpc) is 2.76. The van der Waals surface area contributed by atoms with Crippen LogP contribution in [0.25, 0.3) is 17.0 Å². The number of hydrogen-bond acceptors (Lipinski definition) is 4. The molecule has 7 heteroatoms. The normalized spacial score (nSPS) is 11.1. The van der Waals surface area contributed by atoms with Crippen molar-refractivity contribution in [1.82, 2.24) is 19.6 Å². The van der Waals surface area contributed by atoms with Crippen LogP contribution in [0.2, 0.25) is 0 Å². The van der Waals surface area contributed by atoms with Crippen LogP contribution in [0.15, 0.2) is 33.5 Å². The summed E-state index contributed by atoms with van der Waals surface area (Å²) in [6, 6.07) is 5.68. The van der Waals surface area contributed by atoms with Gasteiger partial charge in [0.2, 0.25) is 0 Å². The first-order chi connectivity index (χ1) is 9.06. The van der Waals surface area contributed by atoms with Crippen molar-refractivity contribution in [2.24, 2.45) is 0 Å². The van der Waals surface area contributed by atoms with Crippen LogP contribution in [0.4, 0.5) is 5.69 Å². The Bertz CT molecular complexity index is 781. The molecule has 2 heterocycles. The van der Waals surface area contributed by atoms with Gasteiger partial charge in [-0.3, -0.25) is 4.40 Å². The molecule has 1 aromatic carbocycles. The highest BCUT2D eigenvalue weighted by molar-refractivity contribution is 9.11. The summed E-state index contributed by atoms with van der Waals surface area (Å²) in [7, 11) is 0. The molecule has 0 unspecified atom stereocenters. The van der Waals surface area contributed by atoms with Crippen LogP contribution in [0, 0.1) is 6.92 Å². The summed E-state index contributed by atoms with van der Waals surface area (Å²) in [5.74, 6) is 0.669. The molecule has 96 valence electrons. The molecule has 0 fully saturated rings. The summed E-state index contributed by atoms with van der Waals surface area (Å²) in [6.45, 7) is 1.92. The van der Waals surface area contributed by atoms with Crippen LogP contribution in [0.1, 0.15) is 5.69 Å². The Labute approximate surface area is 126 Å². The number of benzene rings is 1. The Morgan fingerprint density at radius 1 is 1.16 bits per heavy atom. The molecule has 3 rings (SSSR count). The summed E-state index contributed by atoms with van der Waals surface area (Å²) >= 11 is 6.88. The van der Waals surface area contributed by atoms with E-state index in [9.17, 15) is 0 Å². The van der Waals surface area contributed by atoms with Crippen LogP contribution in [-0.2, 0) is 0 Å². The maximum absolute atomic E-state index is 6.09. The largest absolute Gasteiger partial charge is 0.397 e. The summed E-state index contributed by atoms with van der Waals surface area (Å²) in [4.78, 5) is 4.26. The lowest BCUT2D eigenvalue weighted by molar-refractivity contribution is 1.05. The number of halogens is 2. The SMILES string of the molecule is Cc1cc2nnc(-c3cc(Br)cc(Br)c3N)n2cn1. The van der Waals surface area contributed by atoms with Crippen molar-refractivity contribution in [3.8, 4) is 11.4 Å². The maximum atomic E-state index is 6.09. The first-order valence-electron chi connectivity index (χ1n) is 5.48. The van der Waals surface area contributed by atoms with Gasteiger partial charge in [0.1, 0.15) is 6.33 Å². The van der Waals surface area contributed by atoms with E-state index in [4.69, 9.17) is 5.73 Å². The molecule has 2 aromatic heterocycles. The van der Waals surface area contributed by atoms with Crippen LogP contribution >= 0.6 is 31.9 Å². The van der Waals surface area contributed by atoms with E-state index in [0.717, 1.165) is 25.8 Å².